The highest BCUT2D eigenvalue weighted by molar-refractivity contribution is 6.32. The summed E-state index contributed by atoms with van der Waals surface area (Å²) >= 11 is 6.40. The Morgan fingerprint density at radius 2 is 2.00 bits per heavy atom. The number of nitrogens with one attached hydrogen (secondary N) is 2. The van der Waals surface area contributed by atoms with Crippen LogP contribution in [0, 0.1) is 0 Å². The van der Waals surface area contributed by atoms with Crippen LogP contribution in [0.25, 0.3) is 22.3 Å². The summed E-state index contributed by atoms with van der Waals surface area (Å²) in [5.74, 6) is 0.323. The number of pyridine rings is 1. The number of benzene rings is 2. The molecule has 1 fully saturated rings. The van der Waals surface area contributed by atoms with Crippen LogP contribution in [0.3, 0.4) is 0 Å². The summed E-state index contributed by atoms with van der Waals surface area (Å²) in [6.07, 6.45) is 8.51. The topological polar surface area (TPSA) is 107 Å². The third kappa shape index (κ3) is 3.20. The monoisotopic (exact) mass is 495 g/mol. The third-order valence-electron chi connectivity index (χ3n) is 6.55. The van der Waals surface area contributed by atoms with Crippen molar-refractivity contribution in [2.45, 2.75) is 18.8 Å². The zero-order chi connectivity index (χ0) is 24.4. The molecule has 1 aliphatic heterocycles. The average Bonchev–Trinajstić information content (AvgIpc) is 3.26. The maximum absolute atomic E-state index is 13.4. The molecule has 10 heteroatoms. The number of hydrogen-bond acceptors (Lipinski definition) is 5. The lowest BCUT2D eigenvalue weighted by Crippen LogP contribution is -2.15. The van der Waals surface area contributed by atoms with Gasteiger partial charge in [-0.1, -0.05) is 23.7 Å². The molecule has 1 saturated carbocycles. The number of carbonyl (C=O) groups is 2. The van der Waals surface area contributed by atoms with E-state index in [1.165, 1.54) is 0 Å². The molecule has 0 unspecified atom stereocenters. The van der Waals surface area contributed by atoms with E-state index in [1.54, 1.807) is 41.6 Å². The lowest BCUT2D eigenvalue weighted by molar-refractivity contribution is 0.102. The smallest absolute Gasteiger partial charge is 0.259 e. The molecular weight excluding hydrogens is 478 g/mol. The number of nitrogens with zero attached hydrogens (tertiary/aromatic N) is 5. The Bertz CT molecular complexity index is 1700. The number of anilines is 2. The van der Waals surface area contributed by atoms with Gasteiger partial charge in [-0.3, -0.25) is 9.59 Å². The first kappa shape index (κ1) is 20.8. The van der Waals surface area contributed by atoms with Gasteiger partial charge >= 0.3 is 0 Å². The zero-order valence-corrected chi connectivity index (χ0v) is 19.5. The van der Waals surface area contributed by atoms with Gasteiger partial charge in [-0.15, -0.1) is 0 Å². The third-order valence-corrected chi connectivity index (χ3v) is 6.83. The molecule has 5 aromatic rings. The van der Waals surface area contributed by atoms with Crippen molar-refractivity contribution in [2.24, 2.45) is 0 Å². The summed E-state index contributed by atoms with van der Waals surface area (Å²) < 4.78 is 3.40. The lowest BCUT2D eigenvalue weighted by atomic mass is 10.0. The van der Waals surface area contributed by atoms with E-state index in [0.717, 1.165) is 40.7 Å². The molecule has 176 valence electrons. The first-order chi connectivity index (χ1) is 17.6. The van der Waals surface area contributed by atoms with Gasteiger partial charge in [-0.2, -0.15) is 10.2 Å². The van der Waals surface area contributed by atoms with E-state index in [4.69, 9.17) is 11.6 Å². The summed E-state index contributed by atoms with van der Waals surface area (Å²) in [5.41, 5.74) is 4.10. The van der Waals surface area contributed by atoms with Gasteiger partial charge in [0, 0.05) is 40.3 Å². The number of aromatic nitrogens is 5. The second-order valence-electron chi connectivity index (χ2n) is 8.88. The van der Waals surface area contributed by atoms with Crippen molar-refractivity contribution in [3.05, 3.63) is 89.1 Å². The summed E-state index contributed by atoms with van der Waals surface area (Å²) in [4.78, 5) is 30.1. The van der Waals surface area contributed by atoms with Crippen LogP contribution in [0.2, 0.25) is 5.02 Å². The molecule has 0 saturated heterocycles. The van der Waals surface area contributed by atoms with Crippen molar-refractivity contribution in [3.63, 3.8) is 0 Å². The van der Waals surface area contributed by atoms with Crippen LogP contribution in [0.1, 0.15) is 45.2 Å². The molecule has 0 bridgehead atoms. The fourth-order valence-corrected chi connectivity index (χ4v) is 5.05. The minimum Gasteiger partial charge on any atom is -0.321 e. The average molecular weight is 496 g/mol. The molecule has 9 nitrogen and oxygen atoms in total. The van der Waals surface area contributed by atoms with Crippen LogP contribution in [0.5, 0.6) is 0 Å². The van der Waals surface area contributed by atoms with Gasteiger partial charge in [0.15, 0.2) is 5.82 Å². The minimum atomic E-state index is -0.282. The Balaban J connectivity index is 1.26. The molecule has 2 N–H and O–H groups in total. The first-order valence-electron chi connectivity index (χ1n) is 11.5. The number of halogens is 1. The molecule has 2 aliphatic rings. The number of amides is 2. The molecule has 7 rings (SSSR count). The predicted molar refractivity (Wildman–Crippen MR) is 135 cm³/mol. The minimum absolute atomic E-state index is 0.110. The molecule has 2 aromatic carbocycles. The van der Waals surface area contributed by atoms with Gasteiger partial charge in [-0.25, -0.2) is 14.3 Å². The maximum atomic E-state index is 13.4. The van der Waals surface area contributed by atoms with Gasteiger partial charge in [0.1, 0.15) is 0 Å². The van der Waals surface area contributed by atoms with Crippen molar-refractivity contribution in [2.75, 3.05) is 10.6 Å². The molecule has 0 radical (unpaired) electrons. The van der Waals surface area contributed by atoms with Gasteiger partial charge in [0.05, 0.1) is 40.0 Å². The largest absolute Gasteiger partial charge is 0.321 e. The lowest BCUT2D eigenvalue weighted by Gasteiger charge is -2.13. The van der Waals surface area contributed by atoms with Crippen LogP contribution < -0.4 is 10.6 Å². The van der Waals surface area contributed by atoms with E-state index in [1.807, 2.05) is 35.0 Å². The Labute approximate surface area is 209 Å². The Hall–Kier alpha value is -4.50. The van der Waals surface area contributed by atoms with Gasteiger partial charge in [0.25, 0.3) is 11.8 Å². The number of carbonyl (C=O) groups excluding carboxylic acids is 2. The SMILES string of the molecule is O=C(Nc1cnc(-n2cccn2)c(Cl)c1)c1cnn(-c2ccc3c4c(cccc24)C(=O)N3)c1C1CC1. The highest BCUT2D eigenvalue weighted by atomic mass is 35.5. The first-order valence-corrected chi connectivity index (χ1v) is 11.9. The second-order valence-corrected chi connectivity index (χ2v) is 9.29. The highest BCUT2D eigenvalue weighted by Gasteiger charge is 2.34. The fourth-order valence-electron chi connectivity index (χ4n) is 4.79. The molecule has 0 atom stereocenters. The zero-order valence-electron chi connectivity index (χ0n) is 18.8. The molecule has 36 heavy (non-hydrogen) atoms. The van der Waals surface area contributed by atoms with Crippen LogP contribution in [-0.2, 0) is 0 Å². The van der Waals surface area contributed by atoms with E-state index in [0.29, 0.717) is 27.7 Å². The number of rotatable bonds is 5. The van der Waals surface area contributed by atoms with E-state index in [2.05, 4.69) is 25.8 Å². The summed E-state index contributed by atoms with van der Waals surface area (Å²) in [7, 11) is 0. The number of hydrogen-bond donors (Lipinski definition) is 2. The molecule has 0 spiro atoms. The predicted octanol–water partition coefficient (Wildman–Crippen LogP) is 4.96. The van der Waals surface area contributed by atoms with E-state index >= 15 is 0 Å². The van der Waals surface area contributed by atoms with Crippen LogP contribution in [0.4, 0.5) is 11.4 Å². The highest BCUT2D eigenvalue weighted by Crippen LogP contribution is 2.44. The normalized spacial score (nSPS) is 14.3. The summed E-state index contributed by atoms with van der Waals surface area (Å²) in [6.45, 7) is 0. The Morgan fingerprint density at radius 1 is 1.11 bits per heavy atom. The maximum Gasteiger partial charge on any atom is 0.259 e. The van der Waals surface area contributed by atoms with Crippen molar-refractivity contribution in [1.29, 1.82) is 0 Å². The molecular formula is C26H18ClN7O2. The fraction of sp³-hybridized carbons (Fsp3) is 0.115. The van der Waals surface area contributed by atoms with Crippen LogP contribution in [0.15, 0.2) is 67.3 Å². The van der Waals surface area contributed by atoms with E-state index in [-0.39, 0.29) is 17.7 Å². The van der Waals surface area contributed by atoms with Gasteiger partial charge in [-0.05, 0) is 43.2 Å². The summed E-state index contributed by atoms with van der Waals surface area (Å²) in [5, 5.41) is 16.7. The molecule has 4 heterocycles. The standard InChI is InChI=1S/C26H18ClN7O2/c27-19-11-15(12-28-24(19)33-10-2-9-29-33)31-26(36)18-13-30-34(23(18)14-5-6-14)21-8-7-20-22-16(21)3-1-4-17(22)25(35)32-20/h1-4,7-14H,5-6H2,(H,31,36)(H,32,35). The van der Waals surface area contributed by atoms with E-state index < -0.39 is 0 Å². The van der Waals surface area contributed by atoms with Crippen molar-refractivity contribution < 1.29 is 9.59 Å². The quantitative estimate of drug-likeness (QED) is 0.358. The molecule has 1 aliphatic carbocycles. The Kier molecular flexibility index (Phi) is 4.49. The van der Waals surface area contributed by atoms with Gasteiger partial charge < -0.3 is 10.6 Å². The second kappa shape index (κ2) is 7.76. The summed E-state index contributed by atoms with van der Waals surface area (Å²) in [6, 6.07) is 12.9. The molecule has 3 aromatic heterocycles. The van der Waals surface area contributed by atoms with Crippen LogP contribution >= 0.6 is 11.6 Å². The van der Waals surface area contributed by atoms with Crippen molar-refractivity contribution >= 4 is 45.6 Å². The van der Waals surface area contributed by atoms with E-state index in [9.17, 15) is 9.59 Å². The van der Waals surface area contributed by atoms with Crippen molar-refractivity contribution in [1.82, 2.24) is 24.5 Å². The molecule has 2 amide bonds. The van der Waals surface area contributed by atoms with Gasteiger partial charge in [0.2, 0.25) is 0 Å². The van der Waals surface area contributed by atoms with Crippen LogP contribution in [-0.4, -0.2) is 36.4 Å². The Morgan fingerprint density at radius 3 is 2.78 bits per heavy atom. The van der Waals surface area contributed by atoms with Crippen molar-refractivity contribution in [3.8, 4) is 11.5 Å².